The molecule has 0 saturated carbocycles. The summed E-state index contributed by atoms with van der Waals surface area (Å²) in [5.41, 5.74) is 9.77. The van der Waals surface area contributed by atoms with E-state index in [2.05, 4.69) is 23.6 Å². The van der Waals surface area contributed by atoms with Gasteiger partial charge in [-0.3, -0.25) is 0 Å². The highest BCUT2D eigenvalue weighted by atomic mass is 16.6. The second-order valence-corrected chi connectivity index (χ2v) is 5.69. The van der Waals surface area contributed by atoms with Crippen LogP contribution in [0.15, 0.2) is 36.4 Å². The van der Waals surface area contributed by atoms with Gasteiger partial charge in [0.05, 0.1) is 11.0 Å². The van der Waals surface area contributed by atoms with E-state index in [0.717, 1.165) is 47.0 Å². The smallest absolute Gasteiger partial charge is 0.163 e. The van der Waals surface area contributed by atoms with Gasteiger partial charge in [0.1, 0.15) is 19.0 Å². The number of anilines is 1. The van der Waals surface area contributed by atoms with Crippen LogP contribution in [0.3, 0.4) is 0 Å². The fourth-order valence-electron chi connectivity index (χ4n) is 2.96. The lowest BCUT2D eigenvalue weighted by Crippen LogP contribution is -2.15. The number of aryl methyl sites for hydroxylation is 1. The molecule has 2 heterocycles. The summed E-state index contributed by atoms with van der Waals surface area (Å²) in [4.78, 5) is 4.76. The Balaban J connectivity index is 1.81. The molecule has 2 aromatic carbocycles. The molecule has 0 spiro atoms. The molecule has 2 N–H and O–H groups in total. The number of rotatable bonds is 3. The fraction of sp³-hybridized carbons (Fsp3) is 0.278. The Kier molecular flexibility index (Phi) is 3.33. The van der Waals surface area contributed by atoms with Crippen LogP contribution < -0.4 is 15.2 Å². The van der Waals surface area contributed by atoms with Crippen molar-refractivity contribution < 1.29 is 9.47 Å². The van der Waals surface area contributed by atoms with Gasteiger partial charge in [0.15, 0.2) is 11.5 Å². The van der Waals surface area contributed by atoms with Crippen molar-refractivity contribution in [2.45, 2.75) is 19.9 Å². The molecule has 0 aliphatic carbocycles. The van der Waals surface area contributed by atoms with Gasteiger partial charge in [-0.25, -0.2) is 4.98 Å². The van der Waals surface area contributed by atoms with E-state index in [-0.39, 0.29) is 0 Å². The second-order valence-electron chi connectivity index (χ2n) is 5.69. The minimum Gasteiger partial charge on any atom is -0.486 e. The van der Waals surface area contributed by atoms with Gasteiger partial charge in [0.25, 0.3) is 0 Å². The monoisotopic (exact) mass is 309 g/mol. The maximum absolute atomic E-state index is 5.77. The number of nitrogen functional groups attached to an aromatic ring is 1. The number of hydrogen-bond acceptors (Lipinski definition) is 4. The number of imidazole rings is 1. The highest BCUT2D eigenvalue weighted by molar-refractivity contribution is 5.81. The molecule has 0 amide bonds. The van der Waals surface area contributed by atoms with Crippen molar-refractivity contribution in [3.63, 3.8) is 0 Å². The summed E-state index contributed by atoms with van der Waals surface area (Å²) in [6, 6.07) is 12.0. The molecule has 3 aromatic rings. The Morgan fingerprint density at radius 2 is 1.78 bits per heavy atom. The van der Waals surface area contributed by atoms with Gasteiger partial charge >= 0.3 is 0 Å². The fourth-order valence-corrected chi connectivity index (χ4v) is 2.96. The van der Waals surface area contributed by atoms with Gasteiger partial charge < -0.3 is 19.8 Å². The molecule has 0 atom stereocenters. The van der Waals surface area contributed by atoms with E-state index in [9.17, 15) is 0 Å². The molecule has 0 radical (unpaired) electrons. The summed E-state index contributed by atoms with van der Waals surface area (Å²) >= 11 is 0. The van der Waals surface area contributed by atoms with Crippen LogP contribution in [0, 0.1) is 0 Å². The van der Waals surface area contributed by atoms with Crippen molar-refractivity contribution in [1.29, 1.82) is 0 Å². The lowest BCUT2D eigenvalue weighted by atomic mass is 10.2. The standard InChI is InChI=1S/C18H19N3O2/c1-2-18-20-14-9-16-17(23-8-7-22-16)10-15(14)21(18)11-12-3-5-13(19)6-4-12/h3-6,9-10H,2,7-8,11,19H2,1H3. The average molecular weight is 309 g/mol. The van der Waals surface area contributed by atoms with E-state index < -0.39 is 0 Å². The van der Waals surface area contributed by atoms with Crippen LogP contribution in [0.4, 0.5) is 5.69 Å². The second kappa shape index (κ2) is 5.50. The third kappa shape index (κ3) is 2.48. The topological polar surface area (TPSA) is 62.3 Å². The van der Waals surface area contributed by atoms with E-state index in [1.165, 1.54) is 5.56 Å². The lowest BCUT2D eigenvalue weighted by molar-refractivity contribution is 0.172. The predicted molar refractivity (Wildman–Crippen MR) is 90.1 cm³/mol. The first kappa shape index (κ1) is 13.9. The van der Waals surface area contributed by atoms with Gasteiger partial charge in [-0.15, -0.1) is 0 Å². The number of nitrogens with zero attached hydrogens (tertiary/aromatic N) is 2. The van der Waals surface area contributed by atoms with Gasteiger partial charge in [0.2, 0.25) is 0 Å². The largest absolute Gasteiger partial charge is 0.486 e. The van der Waals surface area contributed by atoms with Gasteiger partial charge in [-0.2, -0.15) is 0 Å². The number of hydrogen-bond donors (Lipinski definition) is 1. The van der Waals surface area contributed by atoms with Crippen LogP contribution in [-0.2, 0) is 13.0 Å². The summed E-state index contributed by atoms with van der Waals surface area (Å²) in [6.45, 7) is 4.06. The van der Waals surface area contributed by atoms with E-state index >= 15 is 0 Å². The van der Waals surface area contributed by atoms with Crippen molar-refractivity contribution in [3.8, 4) is 11.5 Å². The first-order valence-electron chi connectivity index (χ1n) is 7.88. The zero-order valence-corrected chi connectivity index (χ0v) is 13.1. The van der Waals surface area contributed by atoms with Crippen molar-refractivity contribution in [2.24, 2.45) is 0 Å². The summed E-state index contributed by atoms with van der Waals surface area (Å²) in [5, 5.41) is 0. The van der Waals surface area contributed by atoms with E-state index in [4.69, 9.17) is 20.2 Å². The Morgan fingerprint density at radius 3 is 2.48 bits per heavy atom. The zero-order chi connectivity index (χ0) is 15.8. The molecule has 5 nitrogen and oxygen atoms in total. The van der Waals surface area contributed by atoms with Gasteiger partial charge in [-0.1, -0.05) is 19.1 Å². The maximum Gasteiger partial charge on any atom is 0.163 e. The molecular formula is C18H19N3O2. The van der Waals surface area contributed by atoms with Crippen LogP contribution in [0.1, 0.15) is 18.3 Å². The maximum atomic E-state index is 5.77. The third-order valence-electron chi connectivity index (χ3n) is 4.13. The van der Waals surface area contributed by atoms with E-state index in [0.29, 0.717) is 13.2 Å². The Hall–Kier alpha value is -2.69. The molecule has 1 aromatic heterocycles. The van der Waals surface area contributed by atoms with Crippen LogP contribution in [0.25, 0.3) is 11.0 Å². The first-order valence-corrected chi connectivity index (χ1v) is 7.88. The Bertz CT molecular complexity index is 853. The molecule has 5 heteroatoms. The van der Waals surface area contributed by atoms with Crippen molar-refractivity contribution >= 4 is 16.7 Å². The average Bonchev–Trinajstić information content (AvgIpc) is 2.91. The molecule has 1 aliphatic rings. The normalized spacial score (nSPS) is 13.4. The molecule has 4 rings (SSSR count). The zero-order valence-electron chi connectivity index (χ0n) is 13.1. The number of ether oxygens (including phenoxy) is 2. The minimum atomic E-state index is 0.589. The summed E-state index contributed by atoms with van der Waals surface area (Å²) in [6.07, 6.45) is 0.871. The molecule has 23 heavy (non-hydrogen) atoms. The predicted octanol–water partition coefficient (Wildman–Crippen LogP) is 3.00. The SMILES string of the molecule is CCc1nc2cc3c(cc2n1Cc1ccc(N)cc1)OCCO3. The van der Waals surface area contributed by atoms with Crippen LogP contribution in [0.5, 0.6) is 11.5 Å². The van der Waals surface area contributed by atoms with Gasteiger partial charge in [0, 0.05) is 30.8 Å². The van der Waals surface area contributed by atoms with Crippen LogP contribution in [-0.4, -0.2) is 22.8 Å². The Morgan fingerprint density at radius 1 is 1.09 bits per heavy atom. The lowest BCUT2D eigenvalue weighted by Gasteiger charge is -2.18. The third-order valence-corrected chi connectivity index (χ3v) is 4.13. The van der Waals surface area contributed by atoms with Crippen LogP contribution >= 0.6 is 0 Å². The quantitative estimate of drug-likeness (QED) is 0.756. The molecule has 1 aliphatic heterocycles. The molecule has 118 valence electrons. The number of fused-ring (bicyclic) bond motifs is 2. The molecule has 0 bridgehead atoms. The van der Waals surface area contributed by atoms with Crippen molar-refractivity contribution in [2.75, 3.05) is 18.9 Å². The molecule has 0 saturated heterocycles. The van der Waals surface area contributed by atoms with Crippen LogP contribution in [0.2, 0.25) is 0 Å². The number of aromatic nitrogens is 2. The van der Waals surface area contributed by atoms with E-state index in [1.807, 2.05) is 24.3 Å². The van der Waals surface area contributed by atoms with E-state index in [1.54, 1.807) is 0 Å². The number of nitrogens with two attached hydrogens (primary N) is 1. The van der Waals surface area contributed by atoms with Crippen molar-refractivity contribution in [3.05, 3.63) is 47.8 Å². The first-order chi connectivity index (χ1) is 11.2. The molecule has 0 unspecified atom stereocenters. The summed E-state index contributed by atoms with van der Waals surface area (Å²) < 4.78 is 13.6. The number of benzene rings is 2. The summed E-state index contributed by atoms with van der Waals surface area (Å²) in [7, 11) is 0. The van der Waals surface area contributed by atoms with Crippen molar-refractivity contribution in [1.82, 2.24) is 9.55 Å². The summed E-state index contributed by atoms with van der Waals surface area (Å²) in [5.74, 6) is 2.63. The van der Waals surface area contributed by atoms with Gasteiger partial charge in [-0.05, 0) is 17.7 Å². The minimum absolute atomic E-state index is 0.589. The molecule has 0 fully saturated rings. The highest BCUT2D eigenvalue weighted by Gasteiger charge is 2.17. The highest BCUT2D eigenvalue weighted by Crippen LogP contribution is 2.35. The Labute approximate surface area is 134 Å². The molecular weight excluding hydrogens is 290 g/mol.